The number of halogens is 1. The first-order chi connectivity index (χ1) is 7.48. The second kappa shape index (κ2) is 5.16. The number of hydrogen-bond donors (Lipinski definition) is 2. The molecule has 1 aromatic rings. The van der Waals surface area contributed by atoms with Gasteiger partial charge in [0.05, 0.1) is 6.61 Å². The van der Waals surface area contributed by atoms with E-state index in [1.807, 2.05) is 20.8 Å². The molecule has 0 aliphatic heterocycles. The Bertz CT molecular complexity index is 353. The molecule has 90 valence electrons. The Balaban J connectivity index is 2.81. The van der Waals surface area contributed by atoms with Crippen molar-refractivity contribution in [3.8, 4) is 5.75 Å². The summed E-state index contributed by atoms with van der Waals surface area (Å²) < 4.78 is 18.6. The maximum atomic E-state index is 13.5. The van der Waals surface area contributed by atoms with Crippen LogP contribution in [0.3, 0.4) is 0 Å². The lowest BCUT2D eigenvalue weighted by molar-refractivity contribution is 0.321. The van der Waals surface area contributed by atoms with Crippen molar-refractivity contribution in [1.82, 2.24) is 0 Å². The molecule has 0 spiro atoms. The van der Waals surface area contributed by atoms with Gasteiger partial charge in [-0.3, -0.25) is 0 Å². The number of benzene rings is 1. The molecule has 3 N–H and O–H groups in total. The van der Waals surface area contributed by atoms with Crippen molar-refractivity contribution in [2.24, 2.45) is 5.73 Å². The van der Waals surface area contributed by atoms with E-state index in [2.05, 4.69) is 5.32 Å². The maximum absolute atomic E-state index is 13.5. The van der Waals surface area contributed by atoms with Crippen molar-refractivity contribution < 1.29 is 9.13 Å². The van der Waals surface area contributed by atoms with Crippen molar-refractivity contribution in [1.29, 1.82) is 0 Å². The minimum absolute atomic E-state index is 0.250. The lowest BCUT2D eigenvalue weighted by atomic mass is 10.1. The molecule has 0 heterocycles. The third-order valence-corrected chi connectivity index (χ3v) is 2.22. The zero-order chi connectivity index (χ0) is 12.2. The highest BCUT2D eigenvalue weighted by Gasteiger charge is 2.15. The van der Waals surface area contributed by atoms with Gasteiger partial charge in [0.25, 0.3) is 0 Å². The average molecular weight is 226 g/mol. The summed E-state index contributed by atoms with van der Waals surface area (Å²) in [6, 6.07) is 4.82. The van der Waals surface area contributed by atoms with E-state index in [0.29, 0.717) is 18.8 Å². The Morgan fingerprint density at radius 3 is 2.62 bits per heavy atom. The summed E-state index contributed by atoms with van der Waals surface area (Å²) in [7, 11) is 0. The summed E-state index contributed by atoms with van der Waals surface area (Å²) in [4.78, 5) is 0. The minimum atomic E-state index is -0.361. The molecular formula is C12H19FN2O. The average Bonchev–Trinajstić information content (AvgIpc) is 2.22. The van der Waals surface area contributed by atoms with Gasteiger partial charge in [0.2, 0.25) is 0 Å². The molecule has 1 aromatic carbocycles. The van der Waals surface area contributed by atoms with E-state index in [9.17, 15) is 4.39 Å². The molecule has 0 saturated heterocycles. The fourth-order valence-corrected chi connectivity index (χ4v) is 1.29. The van der Waals surface area contributed by atoms with E-state index in [4.69, 9.17) is 10.5 Å². The quantitative estimate of drug-likeness (QED) is 0.810. The normalized spacial score (nSPS) is 11.3. The topological polar surface area (TPSA) is 47.3 Å². The monoisotopic (exact) mass is 226 g/mol. The number of anilines is 1. The minimum Gasteiger partial charge on any atom is -0.491 e. The first-order valence-electron chi connectivity index (χ1n) is 5.39. The van der Waals surface area contributed by atoms with Gasteiger partial charge in [0.15, 0.2) is 11.6 Å². The van der Waals surface area contributed by atoms with Crippen LogP contribution in [0.2, 0.25) is 0 Å². The summed E-state index contributed by atoms with van der Waals surface area (Å²) >= 11 is 0. The number of hydrogen-bond acceptors (Lipinski definition) is 3. The van der Waals surface area contributed by atoms with E-state index in [0.717, 1.165) is 0 Å². The lowest BCUT2D eigenvalue weighted by Crippen LogP contribution is -2.39. The molecule has 1 rings (SSSR count). The molecule has 0 radical (unpaired) electrons. The highest BCUT2D eigenvalue weighted by molar-refractivity contribution is 5.49. The van der Waals surface area contributed by atoms with Gasteiger partial charge in [0, 0.05) is 23.8 Å². The smallest absolute Gasteiger partial charge is 0.167 e. The molecular weight excluding hydrogens is 207 g/mol. The second-order valence-electron chi connectivity index (χ2n) is 4.29. The standard InChI is InChI=1S/C12H19FN2O/c1-4-16-11-6-5-9(7-10(11)13)15-12(2,3)8-14/h5-7,15H,4,8,14H2,1-3H3. The van der Waals surface area contributed by atoms with Crippen molar-refractivity contribution >= 4 is 5.69 Å². The molecule has 0 atom stereocenters. The molecule has 16 heavy (non-hydrogen) atoms. The zero-order valence-corrected chi connectivity index (χ0v) is 10.0. The Labute approximate surface area is 95.8 Å². The fourth-order valence-electron chi connectivity index (χ4n) is 1.29. The second-order valence-corrected chi connectivity index (χ2v) is 4.29. The van der Waals surface area contributed by atoms with Gasteiger partial charge in [-0.1, -0.05) is 0 Å². The van der Waals surface area contributed by atoms with Crippen LogP contribution in [0, 0.1) is 5.82 Å². The van der Waals surface area contributed by atoms with E-state index < -0.39 is 0 Å². The predicted molar refractivity (Wildman–Crippen MR) is 64.3 cm³/mol. The zero-order valence-electron chi connectivity index (χ0n) is 10.0. The number of rotatable bonds is 5. The van der Waals surface area contributed by atoms with Gasteiger partial charge < -0.3 is 15.8 Å². The van der Waals surface area contributed by atoms with Gasteiger partial charge >= 0.3 is 0 Å². The summed E-state index contributed by atoms with van der Waals surface area (Å²) in [6.45, 7) is 6.67. The molecule has 0 aromatic heterocycles. The Kier molecular flexibility index (Phi) is 4.12. The molecule has 0 unspecified atom stereocenters. The van der Waals surface area contributed by atoms with Gasteiger partial charge in [0.1, 0.15) is 0 Å². The maximum Gasteiger partial charge on any atom is 0.167 e. The summed E-state index contributed by atoms with van der Waals surface area (Å²) in [5, 5.41) is 3.16. The Morgan fingerprint density at radius 2 is 2.12 bits per heavy atom. The van der Waals surface area contributed by atoms with Crippen LogP contribution >= 0.6 is 0 Å². The van der Waals surface area contributed by atoms with Gasteiger partial charge in [-0.15, -0.1) is 0 Å². The van der Waals surface area contributed by atoms with Crippen LogP contribution in [-0.2, 0) is 0 Å². The molecule has 0 saturated carbocycles. The van der Waals surface area contributed by atoms with E-state index in [-0.39, 0.29) is 17.1 Å². The van der Waals surface area contributed by atoms with Crippen LogP contribution in [0.5, 0.6) is 5.75 Å². The third-order valence-electron chi connectivity index (χ3n) is 2.22. The molecule has 3 nitrogen and oxygen atoms in total. The predicted octanol–water partition coefficient (Wildman–Crippen LogP) is 2.37. The van der Waals surface area contributed by atoms with Crippen molar-refractivity contribution in [3.05, 3.63) is 24.0 Å². The number of ether oxygens (including phenoxy) is 1. The molecule has 4 heteroatoms. The van der Waals surface area contributed by atoms with Crippen molar-refractivity contribution in [2.75, 3.05) is 18.5 Å². The lowest BCUT2D eigenvalue weighted by Gasteiger charge is -2.25. The van der Waals surface area contributed by atoms with Crippen LogP contribution in [-0.4, -0.2) is 18.7 Å². The van der Waals surface area contributed by atoms with E-state index in [1.54, 1.807) is 12.1 Å². The van der Waals surface area contributed by atoms with Crippen LogP contribution < -0.4 is 15.8 Å². The van der Waals surface area contributed by atoms with E-state index >= 15 is 0 Å². The van der Waals surface area contributed by atoms with Crippen LogP contribution in [0.15, 0.2) is 18.2 Å². The van der Waals surface area contributed by atoms with Crippen LogP contribution in [0.4, 0.5) is 10.1 Å². The molecule has 0 aliphatic rings. The van der Waals surface area contributed by atoms with Crippen molar-refractivity contribution in [2.45, 2.75) is 26.3 Å². The highest BCUT2D eigenvalue weighted by Crippen LogP contribution is 2.23. The van der Waals surface area contributed by atoms with Gasteiger partial charge in [-0.05, 0) is 32.9 Å². The summed E-state index contributed by atoms with van der Waals surface area (Å²) in [5.41, 5.74) is 6.04. The molecule has 0 amide bonds. The summed E-state index contributed by atoms with van der Waals surface area (Å²) in [6.07, 6.45) is 0. The summed E-state index contributed by atoms with van der Waals surface area (Å²) in [5.74, 6) is -0.0849. The largest absolute Gasteiger partial charge is 0.491 e. The first kappa shape index (κ1) is 12.8. The highest BCUT2D eigenvalue weighted by atomic mass is 19.1. The van der Waals surface area contributed by atoms with Crippen LogP contribution in [0.1, 0.15) is 20.8 Å². The first-order valence-corrected chi connectivity index (χ1v) is 5.39. The number of nitrogens with two attached hydrogens (primary N) is 1. The van der Waals surface area contributed by atoms with E-state index in [1.165, 1.54) is 6.07 Å². The Morgan fingerprint density at radius 1 is 1.44 bits per heavy atom. The molecule has 0 fully saturated rings. The molecule has 0 bridgehead atoms. The number of nitrogens with one attached hydrogen (secondary N) is 1. The third kappa shape index (κ3) is 3.38. The van der Waals surface area contributed by atoms with Crippen molar-refractivity contribution in [3.63, 3.8) is 0 Å². The SMILES string of the molecule is CCOc1ccc(NC(C)(C)CN)cc1F. The van der Waals surface area contributed by atoms with Crippen LogP contribution in [0.25, 0.3) is 0 Å². The Hall–Kier alpha value is -1.29. The molecule has 0 aliphatic carbocycles. The fraction of sp³-hybridized carbons (Fsp3) is 0.500. The van der Waals surface area contributed by atoms with Gasteiger partial charge in [-0.25, -0.2) is 4.39 Å². The van der Waals surface area contributed by atoms with Gasteiger partial charge in [-0.2, -0.15) is 0 Å².